The van der Waals surface area contributed by atoms with E-state index in [4.69, 9.17) is 0 Å². The third-order valence-electron chi connectivity index (χ3n) is 2.51. The van der Waals surface area contributed by atoms with Crippen LogP contribution in [0.2, 0.25) is 0 Å². The molecule has 0 atom stereocenters. The van der Waals surface area contributed by atoms with Crippen molar-refractivity contribution in [2.24, 2.45) is 5.41 Å². The number of thioether (sulfide) groups is 1. The highest BCUT2D eigenvalue weighted by atomic mass is 127. The first-order chi connectivity index (χ1) is 7.00. The minimum atomic E-state index is 0.273. The van der Waals surface area contributed by atoms with Crippen molar-refractivity contribution in [1.29, 1.82) is 0 Å². The summed E-state index contributed by atoms with van der Waals surface area (Å²) in [6, 6.07) is 8.74. The second-order valence-electron chi connectivity index (χ2n) is 4.84. The van der Waals surface area contributed by atoms with E-state index in [1.807, 2.05) is 11.8 Å². The lowest BCUT2D eigenvalue weighted by atomic mass is 9.93. The van der Waals surface area contributed by atoms with Gasteiger partial charge in [0.05, 0.1) is 0 Å². The molecule has 2 heteroatoms. The van der Waals surface area contributed by atoms with Crippen LogP contribution in [0.4, 0.5) is 0 Å². The normalized spacial score (nSPS) is 16.5. The number of rotatable bonds is 0. The first kappa shape index (κ1) is 11.5. The Balaban J connectivity index is 2.54. The first-order valence-corrected chi connectivity index (χ1v) is 7.18. The molecule has 1 aromatic rings. The number of benzene rings is 1. The number of hydrogen-bond acceptors (Lipinski definition) is 1. The lowest BCUT2D eigenvalue weighted by Crippen LogP contribution is -2.11. The van der Waals surface area contributed by atoms with Gasteiger partial charge in [0.2, 0.25) is 0 Å². The summed E-state index contributed by atoms with van der Waals surface area (Å²) in [6.45, 7) is 6.88. The lowest BCUT2D eigenvalue weighted by Gasteiger charge is -2.28. The minimum absolute atomic E-state index is 0.273. The van der Waals surface area contributed by atoms with Crippen LogP contribution in [-0.4, -0.2) is 0 Å². The molecule has 0 bridgehead atoms. The van der Waals surface area contributed by atoms with E-state index < -0.39 is 0 Å². The summed E-state index contributed by atoms with van der Waals surface area (Å²) >= 11 is 4.49. The van der Waals surface area contributed by atoms with Crippen LogP contribution in [0.25, 0.3) is 3.58 Å². The summed E-state index contributed by atoms with van der Waals surface area (Å²) in [7, 11) is 0. The third-order valence-corrected chi connectivity index (χ3v) is 5.55. The van der Waals surface area contributed by atoms with E-state index in [-0.39, 0.29) is 5.41 Å². The summed E-state index contributed by atoms with van der Waals surface area (Å²) in [4.78, 5) is 1.53. The molecule has 1 aromatic carbocycles. The molecular formula is C13H15IS. The molecule has 0 unspecified atom stereocenters. The van der Waals surface area contributed by atoms with Crippen molar-refractivity contribution < 1.29 is 0 Å². The second kappa shape index (κ2) is 4.13. The summed E-state index contributed by atoms with van der Waals surface area (Å²) in [5.41, 5.74) is 3.18. The molecule has 0 saturated carbocycles. The Kier molecular flexibility index (Phi) is 3.17. The van der Waals surface area contributed by atoms with Crippen molar-refractivity contribution >= 4 is 37.9 Å². The highest BCUT2D eigenvalue weighted by Gasteiger charge is 2.25. The molecule has 0 fully saturated rings. The second-order valence-corrected chi connectivity index (χ2v) is 6.90. The highest BCUT2D eigenvalue weighted by Crippen LogP contribution is 2.48. The fraction of sp³-hybridized carbons (Fsp3) is 0.385. The SMILES string of the molecule is CC(C)(C)C1=C(I)c2ccccc2CS1. The standard InChI is InChI=1S/C13H15IS/c1-13(2,3)12-11(14)10-7-5-4-6-9(10)8-15-12/h4-7H,8H2,1-3H3. The van der Waals surface area contributed by atoms with E-state index in [1.54, 1.807) is 0 Å². The van der Waals surface area contributed by atoms with Gasteiger partial charge >= 0.3 is 0 Å². The Labute approximate surface area is 110 Å². The average Bonchev–Trinajstić information content (AvgIpc) is 2.16. The van der Waals surface area contributed by atoms with Crippen LogP contribution < -0.4 is 0 Å². The summed E-state index contributed by atoms with van der Waals surface area (Å²) in [5.74, 6) is 1.12. The van der Waals surface area contributed by atoms with E-state index in [9.17, 15) is 0 Å². The van der Waals surface area contributed by atoms with Crippen molar-refractivity contribution in [2.45, 2.75) is 26.5 Å². The molecule has 0 amide bonds. The molecule has 1 aliphatic rings. The van der Waals surface area contributed by atoms with Crippen molar-refractivity contribution in [2.75, 3.05) is 0 Å². The van der Waals surface area contributed by atoms with E-state index in [0.717, 1.165) is 5.75 Å². The monoisotopic (exact) mass is 330 g/mol. The average molecular weight is 330 g/mol. The van der Waals surface area contributed by atoms with Gasteiger partial charge in [0, 0.05) is 14.2 Å². The zero-order chi connectivity index (χ0) is 11.1. The zero-order valence-corrected chi connectivity index (χ0v) is 12.3. The van der Waals surface area contributed by atoms with Gasteiger partial charge in [0.15, 0.2) is 0 Å². The van der Waals surface area contributed by atoms with Crippen molar-refractivity contribution in [3.05, 3.63) is 40.3 Å². The molecule has 2 rings (SSSR count). The predicted octanol–water partition coefficient (Wildman–Crippen LogP) is 5.08. The lowest BCUT2D eigenvalue weighted by molar-refractivity contribution is 0.535. The van der Waals surface area contributed by atoms with E-state index in [0.29, 0.717) is 0 Å². The summed E-state index contributed by atoms with van der Waals surface area (Å²) in [6.07, 6.45) is 0. The van der Waals surface area contributed by atoms with Crippen molar-refractivity contribution in [1.82, 2.24) is 0 Å². The van der Waals surface area contributed by atoms with Crippen LogP contribution in [0, 0.1) is 5.41 Å². The number of hydrogen-bond donors (Lipinski definition) is 0. The highest BCUT2D eigenvalue weighted by molar-refractivity contribution is 14.1. The Bertz CT molecular complexity index is 413. The van der Waals surface area contributed by atoms with Crippen LogP contribution in [0.3, 0.4) is 0 Å². The Morgan fingerprint density at radius 2 is 1.87 bits per heavy atom. The van der Waals surface area contributed by atoms with E-state index >= 15 is 0 Å². The molecular weight excluding hydrogens is 315 g/mol. The fourth-order valence-electron chi connectivity index (χ4n) is 1.74. The van der Waals surface area contributed by atoms with Crippen LogP contribution in [0.1, 0.15) is 31.9 Å². The van der Waals surface area contributed by atoms with Gasteiger partial charge < -0.3 is 0 Å². The Morgan fingerprint density at radius 3 is 2.53 bits per heavy atom. The Hall–Kier alpha value is 0.0400. The van der Waals surface area contributed by atoms with Crippen molar-refractivity contribution in [3.63, 3.8) is 0 Å². The molecule has 1 heterocycles. The summed E-state index contributed by atoms with van der Waals surface area (Å²) < 4.78 is 1.44. The van der Waals surface area contributed by atoms with Gasteiger partial charge in [-0.1, -0.05) is 45.0 Å². The van der Waals surface area contributed by atoms with E-state index in [1.165, 1.54) is 19.6 Å². The van der Waals surface area contributed by atoms with Crippen LogP contribution >= 0.6 is 34.4 Å². The molecule has 0 aliphatic carbocycles. The molecule has 0 nitrogen and oxygen atoms in total. The third kappa shape index (κ3) is 2.26. The van der Waals surface area contributed by atoms with Gasteiger partial charge in [-0.25, -0.2) is 0 Å². The predicted molar refractivity (Wildman–Crippen MR) is 78.1 cm³/mol. The zero-order valence-electron chi connectivity index (χ0n) is 9.30. The van der Waals surface area contributed by atoms with Gasteiger partial charge in [-0.15, -0.1) is 11.8 Å². The van der Waals surface area contributed by atoms with Gasteiger partial charge in [-0.3, -0.25) is 0 Å². The molecule has 0 N–H and O–H groups in total. The smallest absolute Gasteiger partial charge is 0.0306 e. The molecule has 1 aliphatic heterocycles. The molecule has 15 heavy (non-hydrogen) atoms. The number of fused-ring (bicyclic) bond motifs is 1. The maximum Gasteiger partial charge on any atom is 0.0306 e. The maximum atomic E-state index is 2.49. The van der Waals surface area contributed by atoms with Crippen LogP contribution in [0.15, 0.2) is 29.2 Å². The molecule has 0 aromatic heterocycles. The largest absolute Gasteiger partial charge is 0.124 e. The van der Waals surface area contributed by atoms with E-state index in [2.05, 4.69) is 67.6 Å². The van der Waals surface area contributed by atoms with Gasteiger partial charge in [-0.05, 0) is 39.1 Å². The van der Waals surface area contributed by atoms with Crippen LogP contribution in [0.5, 0.6) is 0 Å². The molecule has 0 spiro atoms. The quantitative estimate of drug-likeness (QED) is 0.598. The summed E-state index contributed by atoms with van der Waals surface area (Å²) in [5, 5.41) is 0. The number of halogens is 1. The van der Waals surface area contributed by atoms with Gasteiger partial charge in [-0.2, -0.15) is 0 Å². The maximum absolute atomic E-state index is 2.49. The van der Waals surface area contributed by atoms with Gasteiger partial charge in [0.25, 0.3) is 0 Å². The Morgan fingerprint density at radius 1 is 1.20 bits per heavy atom. The number of allylic oxidation sites excluding steroid dienone is 1. The topological polar surface area (TPSA) is 0 Å². The fourth-order valence-corrected chi connectivity index (χ4v) is 4.77. The first-order valence-electron chi connectivity index (χ1n) is 5.11. The minimum Gasteiger partial charge on any atom is -0.124 e. The molecule has 0 saturated heterocycles. The molecule has 0 radical (unpaired) electrons. The van der Waals surface area contributed by atoms with Crippen LogP contribution in [-0.2, 0) is 5.75 Å². The van der Waals surface area contributed by atoms with Crippen molar-refractivity contribution in [3.8, 4) is 0 Å². The van der Waals surface area contributed by atoms with Gasteiger partial charge in [0.1, 0.15) is 0 Å². The molecule has 80 valence electrons.